The number of carbonyl (C=O) groups excluding carboxylic acids is 1. The number of aromatic nitrogens is 2. The average molecular weight is 369 g/mol. The molecule has 146 valence electrons. The van der Waals surface area contributed by atoms with Crippen LogP contribution in [0, 0.1) is 5.41 Å². The van der Waals surface area contributed by atoms with E-state index in [0.29, 0.717) is 19.3 Å². The average Bonchev–Trinajstić information content (AvgIpc) is 2.90. The monoisotopic (exact) mass is 369 g/mol. The molecule has 1 aromatic heterocycles. The van der Waals surface area contributed by atoms with Crippen molar-refractivity contribution in [2.45, 2.75) is 64.6 Å². The van der Waals surface area contributed by atoms with Crippen LogP contribution in [-0.4, -0.2) is 50.7 Å². The first-order chi connectivity index (χ1) is 12.3. The second kappa shape index (κ2) is 8.15. The fourth-order valence-electron chi connectivity index (χ4n) is 3.21. The Hall–Kier alpha value is -1.97. The van der Waals surface area contributed by atoms with Gasteiger partial charge in [-0.1, -0.05) is 20.8 Å². The Balaban J connectivity index is 2.08. The maximum Gasteiger partial charge on any atom is 0.351 e. The third kappa shape index (κ3) is 3.74. The molecule has 0 amide bonds. The van der Waals surface area contributed by atoms with Crippen molar-refractivity contribution in [3.63, 3.8) is 0 Å². The van der Waals surface area contributed by atoms with Crippen LogP contribution in [0.5, 0.6) is 0 Å². The molecule has 1 fully saturated rings. The summed E-state index contributed by atoms with van der Waals surface area (Å²) < 4.78 is 12.0. The maximum atomic E-state index is 12.4. The number of hydrogen-bond donors (Lipinski definition) is 3. The molecule has 26 heavy (non-hydrogen) atoms. The molecule has 0 radical (unpaired) electrons. The fourth-order valence-corrected chi connectivity index (χ4v) is 3.21. The van der Waals surface area contributed by atoms with Crippen molar-refractivity contribution in [2.75, 3.05) is 12.3 Å². The third-order valence-electron chi connectivity index (χ3n) is 5.30. The molecule has 0 spiro atoms. The Kier molecular flexibility index (Phi) is 6.38. The minimum atomic E-state index is -1.37. The molecule has 4 N–H and O–H groups in total. The van der Waals surface area contributed by atoms with Crippen LogP contribution in [0.3, 0.4) is 0 Å². The predicted octanol–water partition coefficient (Wildman–Crippen LogP) is 0.204. The Morgan fingerprint density at radius 3 is 2.46 bits per heavy atom. The van der Waals surface area contributed by atoms with E-state index >= 15 is 0 Å². The number of hydrogen-bond acceptors (Lipinski definition) is 8. The van der Waals surface area contributed by atoms with Gasteiger partial charge in [-0.25, -0.2) is 4.79 Å². The number of nitrogen functional groups attached to an aromatic ring is 1. The Labute approximate surface area is 151 Å². The third-order valence-corrected chi connectivity index (χ3v) is 5.30. The van der Waals surface area contributed by atoms with Gasteiger partial charge in [0.1, 0.15) is 30.7 Å². The van der Waals surface area contributed by atoms with Crippen molar-refractivity contribution in [1.82, 2.24) is 9.55 Å². The van der Waals surface area contributed by atoms with Gasteiger partial charge in [0.2, 0.25) is 0 Å². The van der Waals surface area contributed by atoms with Crippen LogP contribution in [0.2, 0.25) is 0 Å². The molecular weight excluding hydrogens is 342 g/mol. The van der Waals surface area contributed by atoms with Gasteiger partial charge >= 0.3 is 11.7 Å². The summed E-state index contributed by atoms with van der Waals surface area (Å²) in [6.07, 6.45) is -1.50. The highest BCUT2D eigenvalue weighted by molar-refractivity contribution is 5.76. The van der Waals surface area contributed by atoms with E-state index in [1.807, 2.05) is 20.8 Å². The van der Waals surface area contributed by atoms with Gasteiger partial charge in [0.15, 0.2) is 6.23 Å². The first-order valence-electron chi connectivity index (χ1n) is 8.83. The minimum absolute atomic E-state index is 0.0415. The standard InChI is InChI=1S/C17H27N3O6/c1-4-17(5-2,6-3)15(23)25-9-10-12(21)13(22)14(26-10)20-8-7-11(18)19-16(20)24/h7-8,10,12-14,21-22H,4-6,9H2,1-3H3,(H2,18,19,24). The first kappa shape index (κ1) is 20.3. The molecule has 9 nitrogen and oxygen atoms in total. The molecule has 0 aromatic carbocycles. The van der Waals surface area contributed by atoms with E-state index in [4.69, 9.17) is 15.2 Å². The molecule has 1 aliphatic rings. The molecule has 1 aliphatic heterocycles. The van der Waals surface area contributed by atoms with Gasteiger partial charge in [-0.05, 0) is 25.3 Å². The zero-order chi connectivity index (χ0) is 19.5. The second-order valence-electron chi connectivity index (χ2n) is 6.53. The van der Waals surface area contributed by atoms with Crippen molar-refractivity contribution >= 4 is 11.8 Å². The second-order valence-corrected chi connectivity index (χ2v) is 6.53. The Bertz CT molecular complexity index is 679. The quantitative estimate of drug-likeness (QED) is 0.580. The van der Waals surface area contributed by atoms with E-state index in [1.165, 1.54) is 12.3 Å². The lowest BCUT2D eigenvalue weighted by molar-refractivity contribution is -0.163. The van der Waals surface area contributed by atoms with Gasteiger partial charge in [-0.2, -0.15) is 4.98 Å². The molecule has 4 unspecified atom stereocenters. The summed E-state index contributed by atoms with van der Waals surface area (Å²) in [4.78, 5) is 27.9. The highest BCUT2D eigenvalue weighted by Crippen LogP contribution is 2.33. The molecule has 9 heteroatoms. The van der Waals surface area contributed by atoms with Crippen LogP contribution in [0.4, 0.5) is 5.82 Å². The van der Waals surface area contributed by atoms with Crippen LogP contribution in [-0.2, 0) is 14.3 Å². The molecule has 2 heterocycles. The van der Waals surface area contributed by atoms with Crippen LogP contribution in [0.15, 0.2) is 17.1 Å². The van der Waals surface area contributed by atoms with E-state index in [2.05, 4.69) is 4.98 Å². The fraction of sp³-hybridized carbons (Fsp3) is 0.706. The lowest BCUT2D eigenvalue weighted by atomic mass is 9.80. The van der Waals surface area contributed by atoms with Crippen molar-refractivity contribution in [2.24, 2.45) is 5.41 Å². The summed E-state index contributed by atoms with van der Waals surface area (Å²) in [7, 11) is 0. The largest absolute Gasteiger partial charge is 0.462 e. The number of ether oxygens (including phenoxy) is 2. The number of aliphatic hydroxyl groups is 2. The van der Waals surface area contributed by atoms with Gasteiger partial charge in [-0.15, -0.1) is 0 Å². The van der Waals surface area contributed by atoms with E-state index in [0.717, 1.165) is 4.57 Å². The lowest BCUT2D eigenvalue weighted by Gasteiger charge is -2.28. The van der Waals surface area contributed by atoms with Crippen molar-refractivity contribution < 1.29 is 24.5 Å². The number of nitrogens with two attached hydrogens (primary N) is 1. The molecular formula is C17H27N3O6. The maximum absolute atomic E-state index is 12.4. The van der Waals surface area contributed by atoms with Crippen LogP contribution >= 0.6 is 0 Å². The van der Waals surface area contributed by atoms with E-state index in [9.17, 15) is 19.8 Å². The van der Waals surface area contributed by atoms with Crippen molar-refractivity contribution in [3.8, 4) is 0 Å². The number of esters is 1. The molecule has 2 rings (SSSR count). The summed E-state index contributed by atoms with van der Waals surface area (Å²) in [6.45, 7) is 5.56. The van der Waals surface area contributed by atoms with E-state index in [-0.39, 0.29) is 18.4 Å². The lowest BCUT2D eigenvalue weighted by Crippen LogP contribution is -2.38. The summed E-state index contributed by atoms with van der Waals surface area (Å²) >= 11 is 0. The molecule has 1 saturated heterocycles. The number of carbonyl (C=O) groups is 1. The molecule has 4 atom stereocenters. The van der Waals surface area contributed by atoms with Crippen LogP contribution < -0.4 is 11.4 Å². The number of rotatable bonds is 7. The van der Waals surface area contributed by atoms with Crippen LogP contribution in [0.25, 0.3) is 0 Å². The molecule has 0 saturated carbocycles. The first-order valence-corrected chi connectivity index (χ1v) is 8.83. The van der Waals surface area contributed by atoms with Gasteiger partial charge < -0.3 is 25.4 Å². The zero-order valence-corrected chi connectivity index (χ0v) is 15.3. The van der Waals surface area contributed by atoms with Crippen LogP contribution in [0.1, 0.15) is 46.3 Å². The van der Waals surface area contributed by atoms with E-state index in [1.54, 1.807) is 0 Å². The smallest absolute Gasteiger partial charge is 0.351 e. The SMILES string of the molecule is CCC(CC)(CC)C(=O)OCC1OC(n2ccc(N)nc2=O)C(O)C1O. The van der Waals surface area contributed by atoms with Crippen molar-refractivity contribution in [3.05, 3.63) is 22.7 Å². The summed E-state index contributed by atoms with van der Waals surface area (Å²) in [5.41, 5.74) is 4.16. The molecule has 0 bridgehead atoms. The summed E-state index contributed by atoms with van der Waals surface area (Å²) in [6, 6.07) is 1.38. The number of aliphatic hydroxyl groups excluding tert-OH is 2. The van der Waals surface area contributed by atoms with Gasteiger partial charge in [0.05, 0.1) is 5.41 Å². The highest BCUT2D eigenvalue weighted by Gasteiger charge is 2.45. The minimum Gasteiger partial charge on any atom is -0.462 e. The normalized spacial score (nSPS) is 26.0. The number of nitrogens with zero attached hydrogens (tertiary/aromatic N) is 2. The van der Waals surface area contributed by atoms with Gasteiger partial charge in [0.25, 0.3) is 0 Å². The van der Waals surface area contributed by atoms with E-state index < -0.39 is 35.6 Å². The van der Waals surface area contributed by atoms with Crippen molar-refractivity contribution in [1.29, 1.82) is 0 Å². The zero-order valence-electron chi connectivity index (χ0n) is 15.3. The topological polar surface area (TPSA) is 137 Å². The molecule has 0 aliphatic carbocycles. The van der Waals surface area contributed by atoms with Gasteiger partial charge in [-0.3, -0.25) is 9.36 Å². The van der Waals surface area contributed by atoms with Gasteiger partial charge in [0, 0.05) is 6.20 Å². The molecule has 1 aromatic rings. The summed E-state index contributed by atoms with van der Waals surface area (Å²) in [5.74, 6) is -0.315. The predicted molar refractivity (Wildman–Crippen MR) is 93.1 cm³/mol. The summed E-state index contributed by atoms with van der Waals surface area (Å²) in [5, 5.41) is 20.4. The highest BCUT2D eigenvalue weighted by atomic mass is 16.6. The number of anilines is 1. The Morgan fingerprint density at radius 1 is 1.31 bits per heavy atom. The Morgan fingerprint density at radius 2 is 1.92 bits per heavy atom.